The smallest absolute Gasteiger partial charge is 0.259 e. The molecule has 0 radical (unpaired) electrons. The van der Waals surface area contributed by atoms with Crippen molar-refractivity contribution in [2.75, 3.05) is 11.9 Å². The van der Waals surface area contributed by atoms with Crippen molar-refractivity contribution in [2.45, 2.75) is 27.3 Å². The molecule has 1 aromatic heterocycles. The second kappa shape index (κ2) is 9.75. The van der Waals surface area contributed by atoms with Gasteiger partial charge in [0, 0.05) is 27.9 Å². The molecule has 3 rings (SSSR count). The third-order valence-electron chi connectivity index (χ3n) is 4.51. The summed E-state index contributed by atoms with van der Waals surface area (Å²) in [7, 11) is 0. The number of anilines is 1. The number of hydrogen-bond donors (Lipinski definition) is 1. The monoisotopic (exact) mass is 443 g/mol. The first-order valence-corrected chi connectivity index (χ1v) is 10.2. The van der Waals surface area contributed by atoms with Crippen LogP contribution in [0, 0.1) is 18.7 Å². The Hall–Kier alpha value is -3.19. The summed E-state index contributed by atoms with van der Waals surface area (Å²) in [6.07, 6.45) is 0.519. The summed E-state index contributed by atoms with van der Waals surface area (Å²) in [6.45, 7) is 6.94. The average molecular weight is 444 g/mol. The Kier molecular flexibility index (Phi) is 7.07. The predicted molar refractivity (Wildman–Crippen MR) is 118 cm³/mol. The molecular formula is C23H23ClFN3O3. The van der Waals surface area contributed by atoms with E-state index in [1.807, 2.05) is 19.1 Å². The van der Waals surface area contributed by atoms with Gasteiger partial charge in [-0.15, -0.1) is 0 Å². The molecule has 6 nitrogen and oxygen atoms in total. The van der Waals surface area contributed by atoms with Crippen LogP contribution in [0.2, 0.25) is 5.02 Å². The van der Waals surface area contributed by atoms with E-state index < -0.39 is 11.7 Å². The summed E-state index contributed by atoms with van der Waals surface area (Å²) in [5, 5.41) is 7.58. The van der Waals surface area contributed by atoms with Gasteiger partial charge in [0.05, 0.1) is 18.7 Å². The summed E-state index contributed by atoms with van der Waals surface area (Å²) in [5.41, 5.74) is 1.64. The summed E-state index contributed by atoms with van der Waals surface area (Å²) in [6, 6.07) is 10.8. The quantitative estimate of drug-likeness (QED) is 0.490. The van der Waals surface area contributed by atoms with Gasteiger partial charge in [0.2, 0.25) is 0 Å². The maximum Gasteiger partial charge on any atom is 0.259 e. The molecule has 3 aromatic rings. The van der Waals surface area contributed by atoms with Gasteiger partial charge in [-0.3, -0.25) is 14.3 Å². The summed E-state index contributed by atoms with van der Waals surface area (Å²) in [5.74, 6) is -0.0471. The lowest BCUT2D eigenvalue weighted by Crippen LogP contribution is -2.15. The summed E-state index contributed by atoms with van der Waals surface area (Å²) < 4.78 is 21.7. The number of halogens is 2. The van der Waals surface area contributed by atoms with Crippen molar-refractivity contribution in [3.8, 4) is 5.75 Å². The number of nitrogens with zero attached hydrogens (tertiary/aromatic N) is 2. The van der Waals surface area contributed by atoms with Crippen LogP contribution in [0.5, 0.6) is 5.75 Å². The van der Waals surface area contributed by atoms with Crippen LogP contribution in [0.25, 0.3) is 0 Å². The molecule has 0 saturated carbocycles. The largest absolute Gasteiger partial charge is 0.493 e. The Balaban J connectivity index is 1.78. The van der Waals surface area contributed by atoms with Crippen LogP contribution in [0.4, 0.5) is 10.2 Å². The van der Waals surface area contributed by atoms with Crippen LogP contribution in [-0.4, -0.2) is 28.6 Å². The number of nitrogens with one attached hydrogen (secondary N) is 1. The first kappa shape index (κ1) is 22.5. The van der Waals surface area contributed by atoms with E-state index in [-0.39, 0.29) is 16.9 Å². The van der Waals surface area contributed by atoms with Crippen molar-refractivity contribution >= 4 is 29.6 Å². The zero-order valence-corrected chi connectivity index (χ0v) is 18.2. The van der Waals surface area contributed by atoms with E-state index >= 15 is 0 Å². The number of benzene rings is 2. The SMILES string of the molecule is Cc1cc(NC(=O)c2ccc(C=O)cc2F)nn1Cc1cc(Cl)ccc1OCC(C)C. The number of ether oxygens (including phenoxy) is 1. The Morgan fingerprint density at radius 2 is 2.03 bits per heavy atom. The van der Waals surface area contributed by atoms with Crippen molar-refractivity contribution < 1.29 is 18.7 Å². The number of rotatable bonds is 8. The lowest BCUT2D eigenvalue weighted by molar-refractivity contribution is 0.102. The minimum Gasteiger partial charge on any atom is -0.493 e. The minimum absolute atomic E-state index is 0.159. The van der Waals surface area contributed by atoms with E-state index in [9.17, 15) is 14.0 Å². The highest BCUT2D eigenvalue weighted by molar-refractivity contribution is 6.30. The van der Waals surface area contributed by atoms with Crippen LogP contribution in [0.1, 0.15) is 45.8 Å². The lowest BCUT2D eigenvalue weighted by Gasteiger charge is -2.14. The fourth-order valence-electron chi connectivity index (χ4n) is 2.93. The number of carbonyl (C=O) groups is 2. The number of aryl methyl sites for hydroxylation is 1. The maximum atomic E-state index is 14.1. The highest BCUT2D eigenvalue weighted by atomic mass is 35.5. The second-order valence-corrected chi connectivity index (χ2v) is 8.03. The van der Waals surface area contributed by atoms with Crippen LogP contribution in [-0.2, 0) is 6.54 Å². The Bertz CT molecular complexity index is 1110. The molecule has 0 unspecified atom stereocenters. The standard InChI is InChI=1S/C23H23ClFN3O3/c1-14(2)13-31-21-7-5-18(24)10-17(21)11-28-15(3)8-22(27-28)26-23(30)19-6-4-16(12-29)9-20(19)25/h4-10,12,14H,11,13H2,1-3H3,(H,26,27,30). The molecule has 0 aliphatic carbocycles. The van der Waals surface area contributed by atoms with E-state index in [4.69, 9.17) is 16.3 Å². The van der Waals surface area contributed by atoms with Crippen LogP contribution in [0.15, 0.2) is 42.5 Å². The van der Waals surface area contributed by atoms with Gasteiger partial charge < -0.3 is 10.1 Å². The van der Waals surface area contributed by atoms with E-state index in [0.717, 1.165) is 23.1 Å². The number of aldehydes is 1. The minimum atomic E-state index is -0.774. The van der Waals surface area contributed by atoms with Crippen LogP contribution in [0.3, 0.4) is 0 Å². The Labute approximate surface area is 185 Å². The number of carbonyl (C=O) groups excluding carboxylic acids is 2. The third kappa shape index (κ3) is 5.70. The molecule has 162 valence electrons. The molecule has 1 amide bonds. The zero-order valence-electron chi connectivity index (χ0n) is 17.5. The fraction of sp³-hybridized carbons (Fsp3) is 0.261. The van der Waals surface area contributed by atoms with Gasteiger partial charge in [-0.1, -0.05) is 31.5 Å². The van der Waals surface area contributed by atoms with Gasteiger partial charge in [0.1, 0.15) is 17.9 Å². The first-order chi connectivity index (χ1) is 14.8. The average Bonchev–Trinajstić information content (AvgIpc) is 3.05. The second-order valence-electron chi connectivity index (χ2n) is 7.60. The number of amides is 1. The Morgan fingerprint density at radius 1 is 1.26 bits per heavy atom. The van der Waals surface area contributed by atoms with Crippen molar-refractivity contribution in [1.82, 2.24) is 9.78 Å². The molecular weight excluding hydrogens is 421 g/mol. The fourth-order valence-corrected chi connectivity index (χ4v) is 3.13. The van der Waals surface area contributed by atoms with E-state index in [1.165, 1.54) is 12.1 Å². The van der Waals surface area contributed by atoms with E-state index in [2.05, 4.69) is 24.3 Å². The maximum absolute atomic E-state index is 14.1. The molecule has 0 saturated heterocycles. The molecule has 1 N–H and O–H groups in total. The zero-order chi connectivity index (χ0) is 22.5. The highest BCUT2D eigenvalue weighted by Gasteiger charge is 2.16. The molecule has 31 heavy (non-hydrogen) atoms. The van der Waals surface area contributed by atoms with Gasteiger partial charge in [0.25, 0.3) is 5.91 Å². The van der Waals surface area contributed by atoms with Crippen LogP contribution >= 0.6 is 11.6 Å². The summed E-state index contributed by atoms with van der Waals surface area (Å²) >= 11 is 6.16. The van der Waals surface area contributed by atoms with Gasteiger partial charge in [-0.2, -0.15) is 5.10 Å². The van der Waals surface area contributed by atoms with Crippen molar-refractivity contribution in [3.05, 3.63) is 75.7 Å². The molecule has 0 aliphatic rings. The molecule has 0 fully saturated rings. The van der Waals surface area contributed by atoms with Crippen molar-refractivity contribution in [1.29, 1.82) is 0 Å². The van der Waals surface area contributed by atoms with Gasteiger partial charge in [-0.25, -0.2) is 4.39 Å². The molecule has 8 heteroatoms. The number of hydrogen-bond acceptors (Lipinski definition) is 4. The molecule has 0 aliphatic heterocycles. The first-order valence-electron chi connectivity index (χ1n) is 9.78. The number of aromatic nitrogens is 2. The molecule has 2 aromatic carbocycles. The predicted octanol–water partition coefficient (Wildman–Crippen LogP) is 5.13. The molecule has 0 bridgehead atoms. The van der Waals surface area contributed by atoms with E-state index in [0.29, 0.717) is 30.4 Å². The molecule has 0 spiro atoms. The van der Waals surface area contributed by atoms with Gasteiger partial charge in [0.15, 0.2) is 5.82 Å². The van der Waals surface area contributed by atoms with Crippen molar-refractivity contribution in [3.63, 3.8) is 0 Å². The lowest BCUT2D eigenvalue weighted by atomic mass is 10.1. The highest BCUT2D eigenvalue weighted by Crippen LogP contribution is 2.25. The normalized spacial score (nSPS) is 10.9. The van der Waals surface area contributed by atoms with Gasteiger partial charge in [-0.05, 0) is 43.2 Å². The molecule has 0 atom stereocenters. The van der Waals surface area contributed by atoms with Crippen LogP contribution < -0.4 is 10.1 Å². The Morgan fingerprint density at radius 3 is 2.71 bits per heavy atom. The van der Waals surface area contributed by atoms with Gasteiger partial charge >= 0.3 is 0 Å². The summed E-state index contributed by atoms with van der Waals surface area (Å²) in [4.78, 5) is 23.2. The topological polar surface area (TPSA) is 73.2 Å². The third-order valence-corrected chi connectivity index (χ3v) is 4.75. The van der Waals surface area contributed by atoms with Crippen molar-refractivity contribution in [2.24, 2.45) is 5.92 Å². The van der Waals surface area contributed by atoms with E-state index in [1.54, 1.807) is 16.8 Å². The molecule has 1 heterocycles.